The molecule has 7 nitrogen and oxygen atoms in total. The minimum Gasteiger partial charge on any atom is -0.396 e. The molecule has 152 valence electrons. The zero-order chi connectivity index (χ0) is 19.7. The lowest BCUT2D eigenvalue weighted by Gasteiger charge is -2.56. The van der Waals surface area contributed by atoms with Crippen LogP contribution in [0.2, 0.25) is 0 Å². The molecule has 2 N–H and O–H groups in total. The van der Waals surface area contributed by atoms with Crippen LogP contribution in [-0.2, 0) is 30.3 Å². The Morgan fingerprint density at radius 1 is 1.04 bits per heavy atom. The van der Waals surface area contributed by atoms with E-state index in [1.165, 1.54) is 14.2 Å². The van der Waals surface area contributed by atoms with Crippen LogP contribution in [0, 0.1) is 5.92 Å². The number of rotatable bonds is 6. The summed E-state index contributed by atoms with van der Waals surface area (Å²) in [5, 5.41) is 20.8. The van der Waals surface area contributed by atoms with E-state index in [1.54, 1.807) is 13.8 Å². The number of hydrogen-bond donors (Lipinski definition) is 2. The Balaban J connectivity index is 1.78. The first-order valence-corrected chi connectivity index (χ1v) is 9.28. The van der Waals surface area contributed by atoms with Crippen molar-refractivity contribution in [2.75, 3.05) is 20.8 Å². The molecule has 1 saturated heterocycles. The van der Waals surface area contributed by atoms with Gasteiger partial charge in [0.05, 0.1) is 18.8 Å². The molecule has 0 aromatic heterocycles. The van der Waals surface area contributed by atoms with E-state index in [-0.39, 0.29) is 12.5 Å². The number of benzene rings is 1. The van der Waals surface area contributed by atoms with E-state index in [1.807, 2.05) is 30.3 Å². The van der Waals surface area contributed by atoms with Gasteiger partial charge in [-0.25, -0.2) is 0 Å². The van der Waals surface area contributed by atoms with Crippen molar-refractivity contribution >= 4 is 0 Å². The maximum Gasteiger partial charge on any atom is 0.220 e. The van der Waals surface area contributed by atoms with Crippen molar-refractivity contribution < 1.29 is 33.9 Å². The summed E-state index contributed by atoms with van der Waals surface area (Å²) < 4.78 is 29.3. The van der Waals surface area contributed by atoms with Crippen LogP contribution in [0.25, 0.3) is 0 Å². The zero-order valence-electron chi connectivity index (χ0n) is 16.3. The average Bonchev–Trinajstić information content (AvgIpc) is 2.70. The van der Waals surface area contributed by atoms with Gasteiger partial charge in [0.25, 0.3) is 0 Å². The van der Waals surface area contributed by atoms with Gasteiger partial charge in [-0.1, -0.05) is 30.3 Å². The Kier molecular flexibility index (Phi) is 6.22. The van der Waals surface area contributed by atoms with E-state index < -0.39 is 36.0 Å². The van der Waals surface area contributed by atoms with Gasteiger partial charge in [0, 0.05) is 26.7 Å². The number of methoxy groups -OCH3 is 2. The summed E-state index contributed by atoms with van der Waals surface area (Å²) in [5.41, 5.74) is 1.02. The minimum atomic E-state index is -1.22. The molecule has 2 fully saturated rings. The van der Waals surface area contributed by atoms with Crippen molar-refractivity contribution in [2.45, 2.75) is 62.9 Å². The summed E-state index contributed by atoms with van der Waals surface area (Å²) in [6.45, 7) is 3.70. The topological polar surface area (TPSA) is 86.6 Å². The van der Waals surface area contributed by atoms with Crippen LogP contribution in [0.1, 0.15) is 25.8 Å². The first-order chi connectivity index (χ1) is 12.9. The van der Waals surface area contributed by atoms with Gasteiger partial charge in [0.15, 0.2) is 0 Å². The number of aliphatic hydroxyl groups is 2. The van der Waals surface area contributed by atoms with Crippen LogP contribution in [0.4, 0.5) is 0 Å². The normalized spacial score (nSPS) is 41.9. The highest BCUT2D eigenvalue weighted by molar-refractivity contribution is 5.13. The molecule has 0 radical (unpaired) electrons. The molecule has 3 rings (SSSR count). The van der Waals surface area contributed by atoms with E-state index in [2.05, 4.69) is 0 Å². The number of hydrogen-bond acceptors (Lipinski definition) is 7. The smallest absolute Gasteiger partial charge is 0.220 e. The number of aliphatic hydroxyl groups excluding tert-OH is 2. The monoisotopic (exact) mass is 382 g/mol. The van der Waals surface area contributed by atoms with E-state index >= 15 is 0 Å². The highest BCUT2D eigenvalue weighted by atomic mass is 16.8. The molecule has 0 unspecified atom stereocenters. The fourth-order valence-electron chi connectivity index (χ4n) is 3.87. The molecule has 1 aliphatic heterocycles. The van der Waals surface area contributed by atoms with Crippen molar-refractivity contribution in [1.82, 2.24) is 0 Å². The van der Waals surface area contributed by atoms with Gasteiger partial charge in [-0.15, -0.1) is 0 Å². The summed E-state index contributed by atoms with van der Waals surface area (Å²) in [6, 6.07) is 9.75. The van der Waals surface area contributed by atoms with Gasteiger partial charge < -0.3 is 33.9 Å². The third kappa shape index (κ3) is 3.78. The van der Waals surface area contributed by atoms with Gasteiger partial charge >= 0.3 is 0 Å². The van der Waals surface area contributed by atoms with Gasteiger partial charge in [0.2, 0.25) is 11.6 Å². The largest absolute Gasteiger partial charge is 0.396 e. The molecule has 1 aromatic rings. The second kappa shape index (κ2) is 8.13. The molecule has 2 aliphatic rings. The maximum absolute atomic E-state index is 10.9. The molecule has 0 spiro atoms. The van der Waals surface area contributed by atoms with Crippen LogP contribution in [-0.4, -0.2) is 67.0 Å². The summed E-state index contributed by atoms with van der Waals surface area (Å²) in [4.78, 5) is 0. The van der Waals surface area contributed by atoms with E-state index in [9.17, 15) is 10.2 Å². The van der Waals surface area contributed by atoms with Crippen molar-refractivity contribution in [3.05, 3.63) is 35.9 Å². The Labute approximate surface area is 160 Å². The molecule has 7 atom stereocenters. The predicted molar refractivity (Wildman–Crippen MR) is 96.8 cm³/mol. The molecule has 7 heteroatoms. The lowest BCUT2D eigenvalue weighted by molar-refractivity contribution is -0.465. The molecular formula is C20H30O7. The third-order valence-electron chi connectivity index (χ3n) is 5.91. The lowest BCUT2D eigenvalue weighted by Crippen LogP contribution is -2.71. The highest BCUT2D eigenvalue weighted by Crippen LogP contribution is 2.45. The second-order valence-corrected chi connectivity index (χ2v) is 7.47. The molecule has 27 heavy (non-hydrogen) atoms. The molecule has 1 saturated carbocycles. The van der Waals surface area contributed by atoms with Crippen LogP contribution in [0.15, 0.2) is 30.3 Å². The fourth-order valence-corrected chi connectivity index (χ4v) is 3.87. The van der Waals surface area contributed by atoms with E-state index in [4.69, 9.17) is 23.7 Å². The van der Waals surface area contributed by atoms with Gasteiger partial charge in [-0.2, -0.15) is 0 Å². The quantitative estimate of drug-likeness (QED) is 0.770. The number of ether oxygens (including phenoxy) is 5. The fraction of sp³-hybridized carbons (Fsp3) is 0.700. The van der Waals surface area contributed by atoms with Crippen molar-refractivity contribution in [1.29, 1.82) is 0 Å². The Hall–Kier alpha value is -1.06. The first-order valence-electron chi connectivity index (χ1n) is 9.28. The maximum atomic E-state index is 10.9. The zero-order valence-corrected chi connectivity index (χ0v) is 16.3. The Morgan fingerprint density at radius 2 is 1.63 bits per heavy atom. The minimum absolute atomic E-state index is 0.105. The lowest BCUT2D eigenvalue weighted by atomic mass is 9.79. The molecular weight excluding hydrogens is 352 g/mol. The molecule has 0 bridgehead atoms. The molecule has 1 aromatic carbocycles. The van der Waals surface area contributed by atoms with Crippen molar-refractivity contribution in [3.8, 4) is 0 Å². The molecule has 1 heterocycles. The SMILES string of the molecule is CO[C@@]1(C)O[C@@H]2[C@H](CO)C[C@H](OCc3ccccc3)[C@@H](O)[C@H]2O[C@]1(C)OC. The summed E-state index contributed by atoms with van der Waals surface area (Å²) in [5.74, 6) is -2.64. The average molecular weight is 382 g/mol. The first kappa shape index (κ1) is 20.7. The van der Waals surface area contributed by atoms with Crippen LogP contribution < -0.4 is 0 Å². The van der Waals surface area contributed by atoms with Crippen molar-refractivity contribution in [3.63, 3.8) is 0 Å². The number of fused-ring (bicyclic) bond motifs is 1. The van der Waals surface area contributed by atoms with E-state index in [0.29, 0.717) is 13.0 Å². The van der Waals surface area contributed by atoms with Gasteiger partial charge in [-0.3, -0.25) is 0 Å². The van der Waals surface area contributed by atoms with Crippen LogP contribution in [0.3, 0.4) is 0 Å². The Bertz CT molecular complexity index is 612. The molecule has 1 aliphatic carbocycles. The van der Waals surface area contributed by atoms with Gasteiger partial charge in [-0.05, 0) is 25.8 Å². The van der Waals surface area contributed by atoms with Crippen molar-refractivity contribution in [2.24, 2.45) is 5.92 Å². The van der Waals surface area contributed by atoms with Gasteiger partial charge in [0.1, 0.15) is 12.2 Å². The summed E-state index contributed by atoms with van der Waals surface area (Å²) >= 11 is 0. The second-order valence-electron chi connectivity index (χ2n) is 7.47. The molecule has 0 amide bonds. The Morgan fingerprint density at radius 3 is 2.19 bits per heavy atom. The van der Waals surface area contributed by atoms with E-state index in [0.717, 1.165) is 5.56 Å². The van der Waals surface area contributed by atoms with Crippen LogP contribution >= 0.6 is 0 Å². The predicted octanol–water partition coefficient (Wildman–Crippen LogP) is 1.45. The third-order valence-corrected chi connectivity index (χ3v) is 5.91. The summed E-state index contributed by atoms with van der Waals surface area (Å²) in [7, 11) is 3.02. The standard InChI is InChI=1S/C20H30O7/c1-19(23-3)20(2,24-4)27-18-16(22)15(10-14(11-21)17(18)26-19)25-12-13-8-6-5-7-9-13/h5-9,14-18,21-22H,10-12H2,1-4H3/t14-,15-,16+,17+,18+,19-,20-/m0/s1. The van der Waals surface area contributed by atoms with Crippen LogP contribution in [0.5, 0.6) is 0 Å². The summed E-state index contributed by atoms with van der Waals surface area (Å²) in [6.07, 6.45) is -2.18. The highest BCUT2D eigenvalue weighted by Gasteiger charge is 2.61.